The maximum Gasteiger partial charge on any atom is 0.410 e. The van der Waals surface area contributed by atoms with Crippen molar-refractivity contribution in [3.8, 4) is 0 Å². The first-order valence-electron chi connectivity index (χ1n) is 17.7. The third-order valence-electron chi connectivity index (χ3n) is 8.47. The van der Waals surface area contributed by atoms with Crippen molar-refractivity contribution < 1.29 is 33.3 Å². The molecule has 0 bridgehead atoms. The number of alkyl carbamates (subject to hydrolysis) is 1. The molecule has 15 nitrogen and oxygen atoms in total. The number of imidazole rings is 1. The van der Waals surface area contributed by atoms with Crippen LogP contribution in [-0.4, -0.2) is 116 Å². The number of anilines is 1. The fourth-order valence-corrected chi connectivity index (χ4v) is 6.37. The zero-order chi connectivity index (χ0) is 37.8. The zero-order valence-corrected chi connectivity index (χ0v) is 32.2. The summed E-state index contributed by atoms with van der Waals surface area (Å²) in [6, 6.07) is 7.60. The molecule has 52 heavy (non-hydrogen) atoms. The topological polar surface area (TPSA) is 168 Å². The second kappa shape index (κ2) is 16.1. The maximum atomic E-state index is 13.5. The van der Waals surface area contributed by atoms with Gasteiger partial charge in [0.1, 0.15) is 41.4 Å². The molecule has 2 aliphatic heterocycles. The highest BCUT2D eigenvalue weighted by atomic mass is 35.5. The Hall–Kier alpha value is -3.76. The number of hydrogen-bond acceptors (Lipinski definition) is 12. The van der Waals surface area contributed by atoms with Gasteiger partial charge in [0.15, 0.2) is 23.5 Å². The number of amides is 2. The molecule has 0 aliphatic carbocycles. The molecule has 3 aromatic rings. The fourth-order valence-electron chi connectivity index (χ4n) is 6.24. The average Bonchev–Trinajstić information content (AvgIpc) is 3.69. The zero-order valence-electron chi connectivity index (χ0n) is 31.4. The van der Waals surface area contributed by atoms with Gasteiger partial charge in [0, 0.05) is 37.7 Å². The number of carbonyl (C=O) groups excluding carboxylic acids is 2. The molecule has 2 fully saturated rings. The minimum atomic E-state index is -0.850. The van der Waals surface area contributed by atoms with E-state index in [0.717, 1.165) is 5.56 Å². The van der Waals surface area contributed by atoms with Crippen molar-refractivity contribution in [3.63, 3.8) is 0 Å². The highest BCUT2D eigenvalue weighted by Gasteiger charge is 2.56. The molecule has 1 aromatic carbocycles. The van der Waals surface area contributed by atoms with Crippen molar-refractivity contribution in [2.75, 3.05) is 45.0 Å². The van der Waals surface area contributed by atoms with Crippen LogP contribution in [0.25, 0.3) is 11.2 Å². The summed E-state index contributed by atoms with van der Waals surface area (Å²) in [5.41, 5.74) is 6.88. The number of benzene rings is 1. The van der Waals surface area contributed by atoms with Crippen LogP contribution in [0.1, 0.15) is 73.6 Å². The lowest BCUT2D eigenvalue weighted by atomic mass is 10.1. The highest BCUT2D eigenvalue weighted by molar-refractivity contribution is 6.30. The van der Waals surface area contributed by atoms with Crippen LogP contribution in [-0.2, 0) is 30.1 Å². The Balaban J connectivity index is 1.34. The second-order valence-electron chi connectivity index (χ2n) is 15.6. The predicted molar refractivity (Wildman–Crippen MR) is 196 cm³/mol. The summed E-state index contributed by atoms with van der Waals surface area (Å²) in [7, 11) is 0. The number of aromatic nitrogens is 4. The molecule has 4 atom stereocenters. The summed E-state index contributed by atoms with van der Waals surface area (Å²) < 4.78 is 32.6. The lowest BCUT2D eigenvalue weighted by Crippen LogP contribution is -2.46. The highest BCUT2D eigenvalue weighted by Crippen LogP contribution is 2.44. The van der Waals surface area contributed by atoms with Crippen LogP contribution in [0.5, 0.6) is 0 Å². The number of halogens is 1. The first kappa shape index (κ1) is 39.4. The Morgan fingerprint density at radius 1 is 0.962 bits per heavy atom. The van der Waals surface area contributed by atoms with Gasteiger partial charge in [-0.15, -0.1) is 0 Å². The molecular weight excluding hydrogens is 692 g/mol. The smallest absolute Gasteiger partial charge is 0.410 e. The molecule has 1 unspecified atom stereocenters. The van der Waals surface area contributed by atoms with E-state index in [1.165, 1.54) is 6.33 Å². The van der Waals surface area contributed by atoms with E-state index in [9.17, 15) is 9.59 Å². The molecule has 3 N–H and O–H groups in total. The van der Waals surface area contributed by atoms with Crippen LogP contribution in [0.2, 0.25) is 5.02 Å². The molecule has 2 saturated heterocycles. The summed E-state index contributed by atoms with van der Waals surface area (Å²) in [5.74, 6) is -0.576. The minimum absolute atomic E-state index is 0.274. The first-order valence-corrected chi connectivity index (χ1v) is 18.1. The molecule has 2 amide bonds. The SMILES string of the molecule is CC(C)(C)OC(=O)NCCCN(CCN(CCc1ccc(Cl)cc1)C(=O)OC(C)(C)C)C[C@H]1O[C@@H](n2cnc3c(N)ncnc32)C2OC(C)(C)O[C@@H]21. The van der Waals surface area contributed by atoms with E-state index in [2.05, 4.69) is 25.2 Å². The molecule has 0 spiro atoms. The van der Waals surface area contributed by atoms with Crippen molar-refractivity contribution in [2.45, 2.75) is 110 Å². The van der Waals surface area contributed by atoms with Crippen LogP contribution >= 0.6 is 11.6 Å². The van der Waals surface area contributed by atoms with E-state index >= 15 is 0 Å². The quantitative estimate of drug-likeness (QED) is 0.221. The largest absolute Gasteiger partial charge is 0.444 e. The summed E-state index contributed by atoms with van der Waals surface area (Å²) >= 11 is 6.11. The molecule has 2 aromatic heterocycles. The van der Waals surface area contributed by atoms with Crippen LogP contribution in [0.4, 0.5) is 15.4 Å². The van der Waals surface area contributed by atoms with Crippen LogP contribution in [0.3, 0.4) is 0 Å². The molecule has 4 heterocycles. The van der Waals surface area contributed by atoms with Gasteiger partial charge in [-0.2, -0.15) is 0 Å². The van der Waals surface area contributed by atoms with E-state index < -0.39 is 53.7 Å². The van der Waals surface area contributed by atoms with Gasteiger partial charge in [0.05, 0.1) is 6.33 Å². The molecular formula is C36H53ClN8O7. The number of carbonyl (C=O) groups is 2. The lowest BCUT2D eigenvalue weighted by Gasteiger charge is -2.32. The molecule has 0 saturated carbocycles. The summed E-state index contributed by atoms with van der Waals surface area (Å²) in [5, 5.41) is 3.50. The van der Waals surface area contributed by atoms with E-state index in [1.54, 1.807) is 11.2 Å². The monoisotopic (exact) mass is 744 g/mol. The number of nitrogens with one attached hydrogen (secondary N) is 1. The maximum absolute atomic E-state index is 13.5. The molecule has 2 aliphatic rings. The van der Waals surface area contributed by atoms with Crippen molar-refractivity contribution in [3.05, 3.63) is 47.5 Å². The minimum Gasteiger partial charge on any atom is -0.444 e. The third-order valence-corrected chi connectivity index (χ3v) is 8.72. The third kappa shape index (κ3) is 10.7. The number of fused-ring (bicyclic) bond motifs is 2. The van der Waals surface area contributed by atoms with Crippen LogP contribution < -0.4 is 11.1 Å². The van der Waals surface area contributed by atoms with Crippen molar-refractivity contribution >= 4 is 40.8 Å². The molecule has 0 radical (unpaired) electrons. The van der Waals surface area contributed by atoms with E-state index in [4.69, 9.17) is 41.0 Å². The summed E-state index contributed by atoms with van der Waals surface area (Å²) in [6.45, 7) is 17.5. The Morgan fingerprint density at radius 2 is 1.65 bits per heavy atom. The van der Waals surface area contributed by atoms with Gasteiger partial charge in [0.25, 0.3) is 0 Å². The van der Waals surface area contributed by atoms with Crippen molar-refractivity contribution in [2.24, 2.45) is 0 Å². The van der Waals surface area contributed by atoms with E-state index in [-0.39, 0.29) is 5.82 Å². The number of nitrogens with zero attached hydrogens (tertiary/aromatic N) is 6. The lowest BCUT2D eigenvalue weighted by molar-refractivity contribution is -0.198. The molecule has 286 valence electrons. The number of ether oxygens (including phenoxy) is 5. The van der Waals surface area contributed by atoms with Crippen LogP contribution in [0.15, 0.2) is 36.9 Å². The van der Waals surface area contributed by atoms with Crippen LogP contribution in [0, 0.1) is 0 Å². The number of hydrogen-bond donors (Lipinski definition) is 2. The standard InChI is InChI=1S/C36H53ClN8O7/c1-34(2,3)51-32(46)39-15-9-16-43(18-19-44(33(47)52-35(4,5)6)17-14-23-10-12-24(37)13-11-23)20-25-27-28(50-36(7,8)49-27)31(48-25)45-22-42-26-29(38)40-21-41-30(26)45/h10-13,21-22,25,27-28,31H,9,14-20H2,1-8H3,(H,39,46)(H2,38,40,41)/t25-,27-,28?,31-/m1/s1. The Kier molecular flexibility index (Phi) is 12.2. The van der Waals surface area contributed by atoms with Gasteiger partial charge in [-0.25, -0.2) is 24.5 Å². The van der Waals surface area contributed by atoms with Gasteiger partial charge in [-0.1, -0.05) is 23.7 Å². The van der Waals surface area contributed by atoms with Gasteiger partial charge >= 0.3 is 12.2 Å². The normalized spacial score (nSPS) is 21.3. The first-order chi connectivity index (χ1) is 24.4. The van der Waals surface area contributed by atoms with Gasteiger partial charge < -0.3 is 39.6 Å². The van der Waals surface area contributed by atoms with Gasteiger partial charge in [-0.05, 0) is 92.5 Å². The number of nitrogens with two attached hydrogens (primary N) is 1. The number of rotatable bonds is 13. The summed E-state index contributed by atoms with van der Waals surface area (Å²) in [4.78, 5) is 42.7. The Bertz CT molecular complexity index is 1670. The van der Waals surface area contributed by atoms with Gasteiger partial charge in [0.2, 0.25) is 0 Å². The summed E-state index contributed by atoms with van der Waals surface area (Å²) in [6.07, 6.45) is 1.52. The Labute approximate surface area is 310 Å². The van der Waals surface area contributed by atoms with Gasteiger partial charge in [-0.3, -0.25) is 9.47 Å². The molecule has 16 heteroatoms. The average molecular weight is 745 g/mol. The Morgan fingerprint density at radius 3 is 2.35 bits per heavy atom. The van der Waals surface area contributed by atoms with Crippen molar-refractivity contribution in [1.29, 1.82) is 0 Å². The van der Waals surface area contributed by atoms with E-state index in [1.807, 2.05) is 84.2 Å². The van der Waals surface area contributed by atoms with E-state index in [0.29, 0.717) is 68.3 Å². The number of nitrogen functional groups attached to an aromatic ring is 1. The fraction of sp³-hybridized carbons (Fsp3) is 0.639. The molecule has 5 rings (SSSR count). The predicted octanol–water partition coefficient (Wildman–Crippen LogP) is 5.18. The second-order valence-corrected chi connectivity index (χ2v) is 16.1. The van der Waals surface area contributed by atoms with Crippen molar-refractivity contribution in [1.82, 2.24) is 34.6 Å².